The number of aromatic nitrogens is 1. The molecular formula is C25H32Cl4N7O3-3. The SMILES string of the molecule is NCCN(CCN)C(=O)C[C@H](N)C(=O)NC(C(=O)Nc1c[nH+]c2ccccc2c1)c1ccccc1.[Cl-].[Cl-].[Cl-].[Cl-]. The Kier molecular flexibility index (Phi) is 19.1. The molecule has 3 amide bonds. The Bertz CT molecular complexity index is 1170. The fourth-order valence-electron chi connectivity index (χ4n) is 3.68. The van der Waals surface area contributed by atoms with Crippen LogP contribution >= 0.6 is 0 Å². The molecule has 39 heavy (non-hydrogen) atoms. The summed E-state index contributed by atoms with van der Waals surface area (Å²) in [5.74, 6) is -1.39. The minimum absolute atomic E-state index is 0. The van der Waals surface area contributed by atoms with E-state index in [2.05, 4.69) is 15.6 Å². The van der Waals surface area contributed by atoms with E-state index in [0.29, 0.717) is 24.3 Å². The third-order valence-corrected chi connectivity index (χ3v) is 5.49. The predicted molar refractivity (Wildman–Crippen MR) is 134 cm³/mol. The maximum atomic E-state index is 13.2. The summed E-state index contributed by atoms with van der Waals surface area (Å²) in [6.45, 7) is 1.19. The van der Waals surface area contributed by atoms with Crippen LogP contribution in [0, 0.1) is 0 Å². The van der Waals surface area contributed by atoms with Crippen molar-refractivity contribution in [2.24, 2.45) is 17.2 Å². The Balaban J connectivity index is 0. The molecule has 216 valence electrons. The minimum Gasteiger partial charge on any atom is -1.00 e. The molecule has 1 heterocycles. The molecule has 9 N–H and O–H groups in total. The van der Waals surface area contributed by atoms with Crippen molar-refractivity contribution < 1.29 is 69.0 Å². The first-order chi connectivity index (χ1) is 16.9. The molecule has 0 aliphatic carbocycles. The van der Waals surface area contributed by atoms with Gasteiger partial charge >= 0.3 is 0 Å². The summed E-state index contributed by atoms with van der Waals surface area (Å²) in [5, 5.41) is 6.45. The van der Waals surface area contributed by atoms with Crippen LogP contribution in [0.1, 0.15) is 18.0 Å². The number of hydrogen-bond donors (Lipinski definition) is 5. The van der Waals surface area contributed by atoms with Crippen molar-refractivity contribution in [3.63, 3.8) is 0 Å². The first-order valence-corrected chi connectivity index (χ1v) is 11.4. The number of aromatic amines is 1. The molecule has 0 saturated carbocycles. The number of halogens is 4. The van der Waals surface area contributed by atoms with Crippen LogP contribution in [0.5, 0.6) is 0 Å². The highest BCUT2D eigenvalue weighted by Gasteiger charge is 2.28. The molecule has 3 aromatic rings. The van der Waals surface area contributed by atoms with Crippen LogP contribution in [-0.4, -0.2) is 54.8 Å². The van der Waals surface area contributed by atoms with E-state index in [1.165, 1.54) is 4.90 Å². The number of amides is 3. The second kappa shape index (κ2) is 19.4. The summed E-state index contributed by atoms with van der Waals surface area (Å²) in [7, 11) is 0. The average Bonchev–Trinajstić information content (AvgIpc) is 2.87. The number of anilines is 1. The predicted octanol–water partition coefficient (Wildman–Crippen LogP) is -12.1. The van der Waals surface area contributed by atoms with Crippen LogP contribution in [0.15, 0.2) is 66.9 Å². The lowest BCUT2D eigenvalue weighted by atomic mass is 10.0. The molecular weight excluding hydrogens is 588 g/mol. The quantitative estimate of drug-likeness (QED) is 0.143. The molecule has 0 aliphatic rings. The minimum atomic E-state index is -1.14. The second-order valence-electron chi connectivity index (χ2n) is 8.09. The number of fused-ring (bicyclic) bond motifs is 1. The zero-order valence-corrected chi connectivity index (χ0v) is 24.0. The molecule has 1 unspecified atom stereocenters. The number of rotatable bonds is 11. The largest absolute Gasteiger partial charge is 1.00 e. The lowest BCUT2D eigenvalue weighted by Crippen LogP contribution is -3.00. The first kappa shape index (κ1) is 38.4. The van der Waals surface area contributed by atoms with E-state index in [1.807, 2.05) is 36.4 Å². The van der Waals surface area contributed by atoms with E-state index in [9.17, 15) is 14.4 Å². The van der Waals surface area contributed by atoms with Gasteiger partial charge in [0, 0.05) is 37.6 Å². The number of benzene rings is 2. The molecule has 1 aromatic heterocycles. The van der Waals surface area contributed by atoms with E-state index in [1.54, 1.807) is 30.5 Å². The van der Waals surface area contributed by atoms with Gasteiger partial charge in [0.2, 0.25) is 17.3 Å². The summed E-state index contributed by atoms with van der Waals surface area (Å²) >= 11 is 0. The number of H-pyrrole nitrogens is 1. The highest BCUT2D eigenvalue weighted by atomic mass is 35.5. The van der Waals surface area contributed by atoms with Crippen molar-refractivity contribution in [2.75, 3.05) is 31.5 Å². The van der Waals surface area contributed by atoms with Crippen LogP contribution in [0.4, 0.5) is 5.69 Å². The molecule has 2 aromatic carbocycles. The van der Waals surface area contributed by atoms with Gasteiger partial charge in [-0.2, -0.15) is 0 Å². The summed E-state index contributed by atoms with van der Waals surface area (Å²) in [6, 6.07) is 16.2. The summed E-state index contributed by atoms with van der Waals surface area (Å²) in [6.07, 6.45) is 1.45. The number of pyridine rings is 1. The first-order valence-electron chi connectivity index (χ1n) is 11.4. The number of carbonyl (C=O) groups is 3. The molecule has 3 rings (SSSR count). The van der Waals surface area contributed by atoms with Crippen LogP contribution in [0.3, 0.4) is 0 Å². The summed E-state index contributed by atoms with van der Waals surface area (Å²) in [4.78, 5) is 43.3. The summed E-state index contributed by atoms with van der Waals surface area (Å²) in [5.41, 5.74) is 19.2. The molecule has 0 aliphatic heterocycles. The Morgan fingerprint density at radius 1 is 0.846 bits per heavy atom. The van der Waals surface area contributed by atoms with Crippen molar-refractivity contribution in [3.8, 4) is 0 Å². The van der Waals surface area contributed by atoms with Crippen molar-refractivity contribution in [3.05, 3.63) is 72.4 Å². The molecule has 2 atom stereocenters. The third kappa shape index (κ3) is 11.1. The van der Waals surface area contributed by atoms with Gasteiger partial charge in [0.15, 0.2) is 6.20 Å². The number of hydrogen-bond acceptors (Lipinski definition) is 6. The second-order valence-corrected chi connectivity index (χ2v) is 8.09. The number of carbonyl (C=O) groups excluding carboxylic acids is 3. The Labute approximate surface area is 252 Å². The lowest BCUT2D eigenvalue weighted by molar-refractivity contribution is -0.343. The molecule has 0 radical (unpaired) electrons. The van der Waals surface area contributed by atoms with Gasteiger partial charge in [-0.25, -0.2) is 4.98 Å². The van der Waals surface area contributed by atoms with E-state index in [-0.39, 0.29) is 75.0 Å². The topological polar surface area (TPSA) is 171 Å². The van der Waals surface area contributed by atoms with Gasteiger partial charge in [-0.05, 0) is 17.7 Å². The molecule has 14 heteroatoms. The van der Waals surface area contributed by atoms with Crippen LogP contribution in [-0.2, 0) is 14.4 Å². The van der Waals surface area contributed by atoms with Crippen molar-refractivity contribution in [1.82, 2.24) is 10.2 Å². The van der Waals surface area contributed by atoms with Crippen molar-refractivity contribution in [1.29, 1.82) is 0 Å². The normalized spacial score (nSPS) is 11.3. The smallest absolute Gasteiger partial charge is 0.251 e. The highest BCUT2D eigenvalue weighted by Crippen LogP contribution is 2.18. The van der Waals surface area contributed by atoms with E-state index >= 15 is 0 Å². The molecule has 0 bridgehead atoms. The Morgan fingerprint density at radius 2 is 1.44 bits per heavy atom. The lowest BCUT2D eigenvalue weighted by Gasteiger charge is -2.24. The number of nitrogens with two attached hydrogens (primary N) is 3. The average molecular weight is 620 g/mol. The van der Waals surface area contributed by atoms with Crippen LogP contribution < -0.4 is 82.4 Å². The summed E-state index contributed by atoms with van der Waals surface area (Å²) < 4.78 is 0. The number of nitrogens with one attached hydrogen (secondary N) is 3. The molecule has 0 saturated heterocycles. The monoisotopic (exact) mass is 618 g/mol. The number of para-hydroxylation sites is 1. The van der Waals surface area contributed by atoms with E-state index < -0.39 is 23.9 Å². The molecule has 10 nitrogen and oxygen atoms in total. The Morgan fingerprint density at radius 3 is 2.05 bits per heavy atom. The van der Waals surface area contributed by atoms with Crippen molar-refractivity contribution >= 4 is 34.3 Å². The number of nitrogens with zero attached hydrogens (tertiary/aromatic N) is 1. The maximum Gasteiger partial charge on any atom is 0.251 e. The van der Waals surface area contributed by atoms with Gasteiger partial charge in [0.1, 0.15) is 11.7 Å². The van der Waals surface area contributed by atoms with Crippen LogP contribution in [0.25, 0.3) is 10.9 Å². The zero-order chi connectivity index (χ0) is 25.2. The van der Waals surface area contributed by atoms with E-state index in [4.69, 9.17) is 17.2 Å². The van der Waals surface area contributed by atoms with Crippen molar-refractivity contribution in [2.45, 2.75) is 18.5 Å². The fourth-order valence-corrected chi connectivity index (χ4v) is 3.68. The van der Waals surface area contributed by atoms with Crippen LogP contribution in [0.2, 0.25) is 0 Å². The van der Waals surface area contributed by atoms with Gasteiger partial charge < -0.3 is 82.4 Å². The third-order valence-electron chi connectivity index (χ3n) is 5.49. The van der Waals surface area contributed by atoms with Gasteiger partial charge in [-0.3, -0.25) is 14.4 Å². The standard InChI is InChI=1S/C25H31N7O3.4ClH/c26-10-12-32(13-11-27)22(33)15-20(28)24(34)31-23(17-6-2-1-3-7-17)25(35)30-19-14-18-8-4-5-9-21(18)29-16-19;;;;/h1-9,14,16,20,23H,10-13,15,26-28H2,(H,30,35)(H,31,34);4*1H/p-3/t20-,23?;;;;/m0..../s1. The molecule has 0 spiro atoms. The maximum absolute atomic E-state index is 13.2. The molecule has 0 fully saturated rings. The fraction of sp³-hybridized carbons (Fsp3) is 0.280. The highest BCUT2D eigenvalue weighted by molar-refractivity contribution is 5.99. The van der Waals surface area contributed by atoms with Gasteiger partial charge in [-0.1, -0.05) is 42.5 Å². The zero-order valence-electron chi connectivity index (χ0n) is 21.0. The van der Waals surface area contributed by atoms with Gasteiger partial charge in [0.05, 0.1) is 12.5 Å². The van der Waals surface area contributed by atoms with Gasteiger partial charge in [0.25, 0.3) is 5.91 Å². The Hall–Kier alpha value is -2.70. The van der Waals surface area contributed by atoms with E-state index in [0.717, 1.165) is 10.9 Å². The van der Waals surface area contributed by atoms with Gasteiger partial charge in [-0.15, -0.1) is 0 Å².